The summed E-state index contributed by atoms with van der Waals surface area (Å²) < 4.78 is 22.1. The fraction of sp³-hybridized carbons (Fsp3) is 0.533. The van der Waals surface area contributed by atoms with Gasteiger partial charge in [0.15, 0.2) is 0 Å². The third-order valence-corrected chi connectivity index (χ3v) is 7.76. The van der Waals surface area contributed by atoms with E-state index in [1.165, 1.54) is 11.3 Å². The first-order valence-corrected chi connectivity index (χ1v) is 10.0. The molecule has 4 rings (SSSR count). The van der Waals surface area contributed by atoms with Crippen molar-refractivity contribution in [1.82, 2.24) is 14.2 Å². The Morgan fingerprint density at radius 2 is 2.17 bits per heavy atom. The summed E-state index contributed by atoms with van der Waals surface area (Å²) in [5.41, 5.74) is 0.828. The summed E-state index contributed by atoms with van der Waals surface area (Å²) in [4.78, 5) is 6.77. The summed E-state index contributed by atoms with van der Waals surface area (Å²) in [6.45, 7) is 5.29. The highest BCUT2D eigenvalue weighted by molar-refractivity contribution is 7.85. The molecule has 0 spiro atoms. The average Bonchev–Trinajstić information content (AvgIpc) is 3.23. The van der Waals surface area contributed by atoms with Crippen LogP contribution in [0.5, 0.6) is 0 Å². The van der Waals surface area contributed by atoms with E-state index in [4.69, 9.17) is 16.3 Å². The van der Waals surface area contributed by atoms with Crippen molar-refractivity contribution < 1.29 is 8.95 Å². The Hall–Kier alpha value is -0.570. The number of hydrogen-bond donors (Lipinski definition) is 0. The number of rotatable bonds is 3. The molecule has 0 bridgehead atoms. The van der Waals surface area contributed by atoms with Crippen LogP contribution in [-0.4, -0.2) is 63.8 Å². The first kappa shape index (κ1) is 15.9. The smallest absolute Gasteiger partial charge is 0.138 e. The molecule has 2 atom stereocenters. The molecule has 0 amide bonds. The van der Waals surface area contributed by atoms with Crippen LogP contribution in [0.25, 0.3) is 10.2 Å². The van der Waals surface area contributed by atoms with Gasteiger partial charge in [-0.15, -0.1) is 11.3 Å². The molecule has 0 radical (unpaired) electrons. The van der Waals surface area contributed by atoms with Crippen LogP contribution >= 0.6 is 22.9 Å². The molecule has 2 aromatic rings. The topological polar surface area (TPSA) is 45.7 Å². The summed E-state index contributed by atoms with van der Waals surface area (Å²) in [6.07, 6.45) is 2.75. The zero-order chi connectivity index (χ0) is 15.8. The van der Waals surface area contributed by atoms with Crippen LogP contribution in [0.1, 0.15) is 6.42 Å². The van der Waals surface area contributed by atoms with Gasteiger partial charge in [-0.1, -0.05) is 11.6 Å². The standard InChI is InChI=1S/C15H18ClN3O2S2/c16-12-1-3-17-13-9-14(22-15(12)13)23(20)19-4-2-11(10-19)18-5-7-21-8-6-18/h1,3,9,11H,2,4-8,10H2/t11-,23?/m1/s1. The van der Waals surface area contributed by atoms with Crippen molar-refractivity contribution >= 4 is 44.1 Å². The van der Waals surface area contributed by atoms with Gasteiger partial charge >= 0.3 is 0 Å². The Kier molecular flexibility index (Phi) is 4.67. The molecule has 1 unspecified atom stereocenters. The van der Waals surface area contributed by atoms with Gasteiger partial charge < -0.3 is 4.74 Å². The number of pyridine rings is 1. The van der Waals surface area contributed by atoms with Gasteiger partial charge in [0.1, 0.15) is 15.2 Å². The molecule has 23 heavy (non-hydrogen) atoms. The van der Waals surface area contributed by atoms with Crippen molar-refractivity contribution in [3.05, 3.63) is 23.4 Å². The predicted octanol–water partition coefficient (Wildman–Crippen LogP) is 2.38. The third kappa shape index (κ3) is 3.18. The summed E-state index contributed by atoms with van der Waals surface area (Å²) >= 11 is 7.68. The highest BCUT2D eigenvalue weighted by Crippen LogP contribution is 2.33. The van der Waals surface area contributed by atoms with Crippen LogP contribution in [0.2, 0.25) is 5.02 Å². The second-order valence-corrected chi connectivity index (χ2v) is 8.97. The van der Waals surface area contributed by atoms with E-state index >= 15 is 0 Å². The fourth-order valence-corrected chi connectivity index (χ4v) is 6.12. The highest BCUT2D eigenvalue weighted by Gasteiger charge is 2.32. The average molecular weight is 372 g/mol. The van der Waals surface area contributed by atoms with E-state index in [1.54, 1.807) is 12.3 Å². The fourth-order valence-electron chi connectivity index (χ4n) is 3.20. The Labute approximate surface area is 146 Å². The number of halogens is 1. The minimum absolute atomic E-state index is 0.485. The van der Waals surface area contributed by atoms with Gasteiger partial charge in [-0.2, -0.15) is 0 Å². The van der Waals surface area contributed by atoms with Gasteiger partial charge in [-0.05, 0) is 18.6 Å². The number of aromatic nitrogens is 1. The quantitative estimate of drug-likeness (QED) is 0.831. The second kappa shape index (κ2) is 6.74. The Bertz CT molecular complexity index is 733. The zero-order valence-corrected chi connectivity index (χ0v) is 15.0. The minimum atomic E-state index is -1.13. The first-order chi connectivity index (χ1) is 11.2. The number of morpholine rings is 1. The van der Waals surface area contributed by atoms with E-state index < -0.39 is 11.0 Å². The van der Waals surface area contributed by atoms with Crippen LogP contribution in [0.3, 0.4) is 0 Å². The lowest BCUT2D eigenvalue weighted by atomic mass is 10.2. The molecule has 0 aromatic carbocycles. The van der Waals surface area contributed by atoms with E-state index in [1.807, 2.05) is 6.07 Å². The molecule has 124 valence electrons. The second-order valence-electron chi connectivity index (χ2n) is 5.80. The van der Waals surface area contributed by atoms with Crippen LogP contribution in [-0.2, 0) is 15.7 Å². The van der Waals surface area contributed by atoms with Crippen molar-refractivity contribution in [2.75, 3.05) is 39.4 Å². The maximum atomic E-state index is 12.9. The number of hydrogen-bond acceptors (Lipinski definition) is 5. The number of thiophene rings is 1. The van der Waals surface area contributed by atoms with E-state index in [0.717, 1.165) is 60.2 Å². The Morgan fingerprint density at radius 1 is 1.35 bits per heavy atom. The van der Waals surface area contributed by atoms with Crippen molar-refractivity contribution in [1.29, 1.82) is 0 Å². The van der Waals surface area contributed by atoms with Gasteiger partial charge in [-0.3, -0.25) is 9.88 Å². The number of ether oxygens (including phenoxy) is 1. The lowest BCUT2D eigenvalue weighted by Crippen LogP contribution is -2.44. The van der Waals surface area contributed by atoms with E-state index in [0.29, 0.717) is 11.1 Å². The van der Waals surface area contributed by atoms with Crippen molar-refractivity contribution in [2.45, 2.75) is 16.7 Å². The number of fused-ring (bicyclic) bond motifs is 1. The molecule has 8 heteroatoms. The van der Waals surface area contributed by atoms with E-state index in [2.05, 4.69) is 14.2 Å². The Balaban J connectivity index is 1.49. The van der Waals surface area contributed by atoms with Gasteiger partial charge in [0.25, 0.3) is 0 Å². The normalized spacial score (nSPS) is 25.2. The monoisotopic (exact) mass is 371 g/mol. The molecule has 0 N–H and O–H groups in total. The molecule has 4 heterocycles. The van der Waals surface area contributed by atoms with Gasteiger partial charge in [0.05, 0.1) is 28.5 Å². The van der Waals surface area contributed by atoms with Crippen LogP contribution in [0, 0.1) is 0 Å². The van der Waals surface area contributed by atoms with Crippen LogP contribution in [0.15, 0.2) is 22.5 Å². The number of nitrogens with zero attached hydrogens (tertiary/aromatic N) is 3. The van der Waals surface area contributed by atoms with Crippen molar-refractivity contribution in [3.8, 4) is 0 Å². The molecule has 0 aliphatic carbocycles. The molecule has 2 aliphatic rings. The van der Waals surface area contributed by atoms with Gasteiger partial charge in [0, 0.05) is 38.4 Å². The van der Waals surface area contributed by atoms with Crippen molar-refractivity contribution in [2.24, 2.45) is 0 Å². The molecular weight excluding hydrogens is 354 g/mol. The third-order valence-electron chi connectivity index (χ3n) is 4.44. The lowest BCUT2D eigenvalue weighted by molar-refractivity contribution is 0.0197. The predicted molar refractivity (Wildman–Crippen MR) is 93.4 cm³/mol. The van der Waals surface area contributed by atoms with Gasteiger partial charge in [-0.25, -0.2) is 8.51 Å². The van der Waals surface area contributed by atoms with Crippen LogP contribution < -0.4 is 0 Å². The van der Waals surface area contributed by atoms with E-state index in [-0.39, 0.29) is 0 Å². The SMILES string of the molecule is O=S(c1cc2nccc(Cl)c2s1)N1CC[C@@H](N2CCOCC2)C1. The highest BCUT2D eigenvalue weighted by atomic mass is 35.5. The summed E-state index contributed by atoms with van der Waals surface area (Å²) in [7, 11) is -1.13. The summed E-state index contributed by atoms with van der Waals surface area (Å²) in [6, 6.07) is 4.17. The first-order valence-electron chi connectivity index (χ1n) is 7.75. The molecule has 5 nitrogen and oxygen atoms in total. The minimum Gasteiger partial charge on any atom is -0.379 e. The Morgan fingerprint density at radius 3 is 2.96 bits per heavy atom. The lowest BCUT2D eigenvalue weighted by Gasteiger charge is -2.31. The maximum absolute atomic E-state index is 12.9. The maximum Gasteiger partial charge on any atom is 0.138 e. The van der Waals surface area contributed by atoms with E-state index in [9.17, 15) is 4.21 Å². The molecule has 0 saturated carbocycles. The summed E-state index contributed by atoms with van der Waals surface area (Å²) in [5, 5.41) is 0.677. The molecule has 2 aromatic heterocycles. The van der Waals surface area contributed by atoms with Crippen LogP contribution in [0.4, 0.5) is 0 Å². The van der Waals surface area contributed by atoms with Gasteiger partial charge in [0.2, 0.25) is 0 Å². The molecule has 2 aliphatic heterocycles. The molecule has 2 saturated heterocycles. The summed E-state index contributed by atoms with van der Waals surface area (Å²) in [5.74, 6) is 0. The molecule has 2 fully saturated rings. The van der Waals surface area contributed by atoms with Crippen molar-refractivity contribution in [3.63, 3.8) is 0 Å². The largest absolute Gasteiger partial charge is 0.379 e. The zero-order valence-electron chi connectivity index (χ0n) is 12.6. The molecular formula is C15H18ClN3O2S2.